The molecular formula is C20H30N4O2. The molecular weight excluding hydrogens is 328 g/mol. The number of anilines is 1. The van der Waals surface area contributed by atoms with Crippen LogP contribution in [0.5, 0.6) is 0 Å². The summed E-state index contributed by atoms with van der Waals surface area (Å²) in [4.78, 5) is 28.6. The van der Waals surface area contributed by atoms with Gasteiger partial charge in [0.05, 0.1) is 6.54 Å². The van der Waals surface area contributed by atoms with Crippen LogP contribution in [0.4, 0.5) is 10.5 Å². The van der Waals surface area contributed by atoms with Crippen LogP contribution in [0.3, 0.4) is 0 Å². The van der Waals surface area contributed by atoms with Crippen molar-refractivity contribution in [3.8, 4) is 0 Å². The van der Waals surface area contributed by atoms with Gasteiger partial charge in [-0.1, -0.05) is 25.1 Å². The van der Waals surface area contributed by atoms with Crippen molar-refractivity contribution in [3.05, 3.63) is 30.3 Å². The van der Waals surface area contributed by atoms with Gasteiger partial charge in [-0.3, -0.25) is 9.69 Å². The average Bonchev–Trinajstić information content (AvgIpc) is 2.65. The van der Waals surface area contributed by atoms with E-state index in [1.807, 2.05) is 35.2 Å². The topological polar surface area (TPSA) is 64.7 Å². The minimum Gasteiger partial charge on any atom is -0.335 e. The number of piperazine rings is 1. The van der Waals surface area contributed by atoms with Crippen LogP contribution < -0.4 is 10.6 Å². The second kappa shape index (κ2) is 9.03. The molecule has 6 nitrogen and oxygen atoms in total. The van der Waals surface area contributed by atoms with E-state index in [1.165, 1.54) is 12.8 Å². The first-order valence-electron chi connectivity index (χ1n) is 9.73. The van der Waals surface area contributed by atoms with E-state index in [-0.39, 0.29) is 11.9 Å². The number of nitrogens with one attached hydrogen (secondary N) is 2. The monoisotopic (exact) mass is 358 g/mol. The summed E-state index contributed by atoms with van der Waals surface area (Å²) in [6, 6.07) is 9.87. The lowest BCUT2D eigenvalue weighted by Crippen LogP contribution is -2.54. The summed E-state index contributed by atoms with van der Waals surface area (Å²) in [5.74, 6) is 0.777. The number of benzene rings is 1. The number of nitrogens with zero attached hydrogens (tertiary/aromatic N) is 2. The van der Waals surface area contributed by atoms with Gasteiger partial charge in [-0.2, -0.15) is 0 Å². The van der Waals surface area contributed by atoms with Crippen LogP contribution in [0, 0.1) is 5.92 Å². The number of rotatable bonds is 4. The summed E-state index contributed by atoms with van der Waals surface area (Å²) in [5.41, 5.74) is 0.817. The number of carbonyl (C=O) groups is 2. The highest BCUT2D eigenvalue weighted by Gasteiger charge is 2.25. The maximum absolute atomic E-state index is 12.4. The fourth-order valence-corrected chi connectivity index (χ4v) is 3.70. The van der Waals surface area contributed by atoms with Gasteiger partial charge in [0, 0.05) is 37.9 Å². The fraction of sp³-hybridized carbons (Fsp3) is 0.600. The molecule has 3 amide bonds. The van der Waals surface area contributed by atoms with Crippen molar-refractivity contribution in [1.82, 2.24) is 15.1 Å². The summed E-state index contributed by atoms with van der Waals surface area (Å²) in [5, 5.41) is 6.09. The normalized spacial score (nSPS) is 24.1. The van der Waals surface area contributed by atoms with Crippen LogP contribution in [0.15, 0.2) is 30.3 Å². The molecule has 142 valence electrons. The first-order valence-corrected chi connectivity index (χ1v) is 9.73. The molecule has 26 heavy (non-hydrogen) atoms. The van der Waals surface area contributed by atoms with E-state index < -0.39 is 0 Å². The number of para-hydroxylation sites is 1. The molecule has 1 aromatic carbocycles. The first kappa shape index (κ1) is 18.7. The highest BCUT2D eigenvalue weighted by atomic mass is 16.2. The molecule has 2 N–H and O–H groups in total. The molecule has 2 fully saturated rings. The second-order valence-electron chi connectivity index (χ2n) is 7.58. The van der Waals surface area contributed by atoms with Crippen molar-refractivity contribution in [2.45, 2.75) is 38.6 Å². The van der Waals surface area contributed by atoms with Crippen LogP contribution in [0.1, 0.15) is 32.6 Å². The van der Waals surface area contributed by atoms with Gasteiger partial charge in [0.25, 0.3) is 0 Å². The molecule has 0 radical (unpaired) electrons. The molecule has 0 bridgehead atoms. The Hall–Kier alpha value is -2.08. The zero-order valence-electron chi connectivity index (χ0n) is 15.6. The lowest BCUT2D eigenvalue weighted by molar-refractivity contribution is -0.117. The summed E-state index contributed by atoms with van der Waals surface area (Å²) in [6.45, 7) is 5.46. The summed E-state index contributed by atoms with van der Waals surface area (Å²) in [6.07, 6.45) is 4.59. The minimum absolute atomic E-state index is 0.00886. The molecule has 1 saturated carbocycles. The van der Waals surface area contributed by atoms with E-state index in [9.17, 15) is 9.59 Å². The van der Waals surface area contributed by atoms with Crippen molar-refractivity contribution in [2.75, 3.05) is 38.0 Å². The number of amides is 3. The van der Waals surface area contributed by atoms with Gasteiger partial charge in [-0.15, -0.1) is 0 Å². The van der Waals surface area contributed by atoms with Crippen LogP contribution in [-0.4, -0.2) is 60.5 Å². The maximum Gasteiger partial charge on any atom is 0.317 e. The lowest BCUT2D eigenvalue weighted by Gasteiger charge is -2.36. The lowest BCUT2D eigenvalue weighted by atomic mass is 9.87. The van der Waals surface area contributed by atoms with E-state index >= 15 is 0 Å². The van der Waals surface area contributed by atoms with Gasteiger partial charge in [0.15, 0.2) is 0 Å². The largest absolute Gasteiger partial charge is 0.335 e. The SMILES string of the molecule is CC1CCC(NC(=O)N2CCN(CC(=O)Nc3ccccc3)CC2)CC1. The smallest absolute Gasteiger partial charge is 0.317 e. The maximum atomic E-state index is 12.4. The highest BCUT2D eigenvalue weighted by molar-refractivity contribution is 5.92. The Morgan fingerprint density at radius 1 is 1.00 bits per heavy atom. The number of urea groups is 1. The highest BCUT2D eigenvalue weighted by Crippen LogP contribution is 2.23. The molecule has 6 heteroatoms. The summed E-state index contributed by atoms with van der Waals surface area (Å²) < 4.78 is 0. The third-order valence-electron chi connectivity index (χ3n) is 5.43. The summed E-state index contributed by atoms with van der Waals surface area (Å²) >= 11 is 0. The Morgan fingerprint density at radius 2 is 1.65 bits per heavy atom. The second-order valence-corrected chi connectivity index (χ2v) is 7.58. The standard InChI is InChI=1S/C20H30N4O2/c1-16-7-9-18(10-8-16)22-20(26)24-13-11-23(12-14-24)15-19(25)21-17-5-3-2-4-6-17/h2-6,16,18H,7-15H2,1H3,(H,21,25)(H,22,26). The Bertz CT molecular complexity index is 591. The van der Waals surface area contributed by atoms with Gasteiger partial charge >= 0.3 is 6.03 Å². The minimum atomic E-state index is -0.00886. The number of hydrogen-bond donors (Lipinski definition) is 2. The van der Waals surface area contributed by atoms with Gasteiger partial charge < -0.3 is 15.5 Å². The van der Waals surface area contributed by atoms with Crippen LogP contribution in [-0.2, 0) is 4.79 Å². The first-order chi connectivity index (χ1) is 12.6. The zero-order chi connectivity index (χ0) is 18.4. The molecule has 1 saturated heterocycles. The van der Waals surface area contributed by atoms with Crippen molar-refractivity contribution in [1.29, 1.82) is 0 Å². The third kappa shape index (κ3) is 5.46. The molecule has 1 heterocycles. The molecule has 1 aliphatic carbocycles. The predicted octanol–water partition coefficient (Wildman–Crippen LogP) is 2.53. The molecule has 0 unspecified atom stereocenters. The van der Waals surface area contributed by atoms with Gasteiger partial charge in [-0.25, -0.2) is 4.79 Å². The molecule has 3 rings (SSSR count). The van der Waals surface area contributed by atoms with E-state index in [1.54, 1.807) is 0 Å². The Labute approximate surface area is 155 Å². The predicted molar refractivity (Wildman–Crippen MR) is 103 cm³/mol. The van der Waals surface area contributed by atoms with E-state index in [0.717, 1.165) is 37.5 Å². The van der Waals surface area contributed by atoms with Gasteiger partial charge in [0.2, 0.25) is 5.91 Å². The van der Waals surface area contributed by atoms with Crippen molar-refractivity contribution < 1.29 is 9.59 Å². The molecule has 0 atom stereocenters. The third-order valence-corrected chi connectivity index (χ3v) is 5.43. The van der Waals surface area contributed by atoms with Crippen LogP contribution in [0.25, 0.3) is 0 Å². The molecule has 2 aliphatic rings. The number of carbonyl (C=O) groups excluding carboxylic acids is 2. The van der Waals surface area contributed by atoms with E-state index in [4.69, 9.17) is 0 Å². The Balaban J connectivity index is 1.37. The van der Waals surface area contributed by atoms with Crippen molar-refractivity contribution in [2.24, 2.45) is 5.92 Å². The molecule has 0 spiro atoms. The molecule has 0 aromatic heterocycles. The van der Waals surface area contributed by atoms with Crippen LogP contribution >= 0.6 is 0 Å². The average molecular weight is 358 g/mol. The molecule has 1 aromatic rings. The quantitative estimate of drug-likeness (QED) is 0.869. The van der Waals surface area contributed by atoms with E-state index in [2.05, 4.69) is 22.5 Å². The molecule has 1 aliphatic heterocycles. The fourth-order valence-electron chi connectivity index (χ4n) is 3.70. The van der Waals surface area contributed by atoms with Crippen LogP contribution in [0.2, 0.25) is 0 Å². The van der Waals surface area contributed by atoms with E-state index in [0.29, 0.717) is 25.7 Å². The van der Waals surface area contributed by atoms with Crippen molar-refractivity contribution >= 4 is 17.6 Å². The van der Waals surface area contributed by atoms with Gasteiger partial charge in [-0.05, 0) is 43.7 Å². The number of hydrogen-bond acceptors (Lipinski definition) is 3. The van der Waals surface area contributed by atoms with Gasteiger partial charge in [0.1, 0.15) is 0 Å². The van der Waals surface area contributed by atoms with Crippen molar-refractivity contribution in [3.63, 3.8) is 0 Å². The summed E-state index contributed by atoms with van der Waals surface area (Å²) in [7, 11) is 0. The zero-order valence-corrected chi connectivity index (χ0v) is 15.6. The Kier molecular flexibility index (Phi) is 6.50. The Morgan fingerprint density at radius 3 is 2.31 bits per heavy atom.